The fraction of sp³-hybridized carbons (Fsp3) is 0.615. The van der Waals surface area contributed by atoms with Crippen molar-refractivity contribution in [3.8, 4) is 0 Å². The normalized spacial score (nSPS) is 9.00. The van der Waals surface area contributed by atoms with Crippen LogP contribution in [0.15, 0.2) is 11.6 Å². The summed E-state index contributed by atoms with van der Waals surface area (Å²) in [7, 11) is 0. The van der Waals surface area contributed by atoms with Crippen molar-refractivity contribution in [2.24, 2.45) is 11.3 Å². The third kappa shape index (κ3) is 48.7. The van der Waals surface area contributed by atoms with Crippen LogP contribution in [0.5, 0.6) is 0 Å². The zero-order valence-corrected chi connectivity index (χ0v) is 59.5. The Morgan fingerprint density at radius 3 is 1.07 bits per heavy atom. The van der Waals surface area contributed by atoms with Crippen LogP contribution in [-0.4, -0.2) is 12.2 Å². The van der Waals surface area contributed by atoms with Gasteiger partial charge in [-0.15, -0.1) is 0 Å². The monoisotopic (exact) mass is 2930 g/mol. The topological polar surface area (TPSA) is 0 Å². The van der Waals surface area contributed by atoms with Crippen molar-refractivity contribution in [1.82, 2.24) is 0 Å². The summed E-state index contributed by atoms with van der Waals surface area (Å²) in [6.07, 6.45) is 3.65. The summed E-state index contributed by atoms with van der Waals surface area (Å²) in [5.74, 6) is 0.671. The summed E-state index contributed by atoms with van der Waals surface area (Å²) in [6.45, 7) is 11.2. The summed E-state index contributed by atoms with van der Waals surface area (Å²) >= 11 is 4.74. The smallest absolute Gasteiger partial charge is 0 e. The minimum atomic E-state index is 0. The molecule has 0 fully saturated rings. The SMILES string of the molecule is CC(C)(C)C1=C[C](=[W])[C](=[W])C1.CC(C)[C-]=[W].[W].[W].[W].[W].[W].[W].[W].[W].[W].[W].[W].[W]. The van der Waals surface area contributed by atoms with Crippen LogP contribution < -0.4 is 0 Å². The third-order valence-corrected chi connectivity index (χ3v) is 8.46. The molecule has 0 spiro atoms. The number of hydrogen-bond donors (Lipinski definition) is 0. The molecule has 28 heavy (non-hydrogen) atoms. The van der Waals surface area contributed by atoms with Gasteiger partial charge in [0.2, 0.25) is 0 Å². The molecule has 1 aliphatic carbocycles. The molecule has 0 saturated carbocycles. The molecule has 0 amide bonds. The van der Waals surface area contributed by atoms with Gasteiger partial charge in [0, 0.05) is 253 Å². The molecule has 0 N–H and O–H groups in total. The molecule has 0 nitrogen and oxygen atoms in total. The van der Waals surface area contributed by atoms with E-state index in [-0.39, 0.29) is 253 Å². The molecule has 1 rings (SSSR count). The Morgan fingerprint density at radius 2 is 1.00 bits per heavy atom. The van der Waals surface area contributed by atoms with E-state index in [1.54, 1.807) is 52.1 Å². The standard InChI is InChI=1S/C9H12.C4H7.15W/c1-9(2,3)8-6-4-5-7-8;1-4(2)3;;;;;;;;;;;;;;;/h6H,7H2,1-3H3;4H,1-2H3;;;;;;;;;;;;;;;/q;-1;;;;;;;;;;;;;;;. The third-order valence-electron chi connectivity index (χ3n) is 2.13. The van der Waals surface area contributed by atoms with Crippen LogP contribution in [0, 0.1) is 11.3 Å². The van der Waals surface area contributed by atoms with Crippen LogP contribution >= 0.6 is 0 Å². The molecule has 0 aliphatic heterocycles. The Bertz CT molecular complexity index is 333. The molecular weight excluding hydrogens is 2910 g/mol. The van der Waals surface area contributed by atoms with Gasteiger partial charge in [-0.2, -0.15) is 0 Å². The Balaban J connectivity index is -0.0000000112. The van der Waals surface area contributed by atoms with Crippen LogP contribution in [0.25, 0.3) is 0 Å². The molecule has 0 bridgehead atoms. The predicted molar refractivity (Wildman–Crippen MR) is 62.0 cm³/mol. The predicted octanol–water partition coefficient (Wildman–Crippen LogP) is 2.64. The zero-order valence-electron chi connectivity index (χ0n) is 15.5. The first-order chi connectivity index (χ1) is 7.18. The maximum absolute atomic E-state index is 3.11. The molecule has 0 aromatic rings. The summed E-state index contributed by atoms with van der Waals surface area (Å²) in [4.78, 5) is 0. The maximum Gasteiger partial charge on any atom is 0 e. The van der Waals surface area contributed by atoms with E-state index in [2.05, 4.69) is 45.1 Å². The Hall–Kier alpha value is 9.67. The number of rotatable bonds is 1. The summed E-state index contributed by atoms with van der Waals surface area (Å²) in [6, 6.07) is 0. The van der Waals surface area contributed by atoms with Gasteiger partial charge in [0.1, 0.15) is 0 Å². The number of allylic oxidation sites excluding steroid dienone is 2. The van der Waals surface area contributed by atoms with Gasteiger partial charge in [-0.1, -0.05) is 0 Å². The van der Waals surface area contributed by atoms with Crippen molar-refractivity contribution in [2.45, 2.75) is 41.0 Å². The molecule has 0 saturated heterocycles. The Labute approximate surface area is 378 Å². The quantitative estimate of drug-likeness (QED) is 0.355. The first kappa shape index (κ1) is 83.2. The summed E-state index contributed by atoms with van der Waals surface area (Å²) < 4.78 is 6.36. The van der Waals surface area contributed by atoms with E-state index in [0.29, 0.717) is 11.3 Å². The van der Waals surface area contributed by atoms with Gasteiger partial charge in [0.25, 0.3) is 0 Å². The van der Waals surface area contributed by atoms with Crippen LogP contribution in [0.3, 0.4) is 0 Å². The van der Waals surface area contributed by atoms with Crippen molar-refractivity contribution in [3.05, 3.63) is 11.6 Å². The second-order valence-corrected chi connectivity index (χ2v) is 9.35. The van der Waals surface area contributed by atoms with Gasteiger partial charge in [-0.25, -0.2) is 0 Å². The Kier molecular flexibility index (Phi) is 147. The van der Waals surface area contributed by atoms with Crippen molar-refractivity contribution in [3.63, 3.8) is 0 Å². The molecule has 0 unspecified atom stereocenters. The molecule has 0 heterocycles. The molecule has 0 atom stereocenters. The second-order valence-electron chi connectivity index (χ2n) is 5.16. The van der Waals surface area contributed by atoms with Gasteiger partial charge < -0.3 is 0 Å². The second kappa shape index (κ2) is 49.6. The minimum absolute atomic E-state index is 0. The molecule has 1 aliphatic rings. The molecular formula is C13H19W15-. The van der Waals surface area contributed by atoms with Crippen molar-refractivity contribution >= 4 is 12.2 Å². The van der Waals surface area contributed by atoms with E-state index in [0.717, 1.165) is 0 Å². The zero-order chi connectivity index (χ0) is 12.9. The maximum atomic E-state index is 3.11. The van der Waals surface area contributed by atoms with Gasteiger partial charge >= 0.3 is 134 Å². The van der Waals surface area contributed by atoms with Gasteiger partial charge in [-0.3, -0.25) is 0 Å². The van der Waals surface area contributed by atoms with Gasteiger partial charge in [0.05, 0.1) is 0 Å². The van der Waals surface area contributed by atoms with Gasteiger partial charge in [-0.05, 0) is 0 Å². The van der Waals surface area contributed by atoms with E-state index in [1.165, 1.54) is 25.8 Å². The summed E-state index contributed by atoms with van der Waals surface area (Å²) in [5.41, 5.74) is 2.00. The van der Waals surface area contributed by atoms with Crippen molar-refractivity contribution in [2.75, 3.05) is 0 Å². The van der Waals surface area contributed by atoms with Crippen molar-refractivity contribution in [1.29, 1.82) is 0 Å². The summed E-state index contributed by atoms with van der Waals surface area (Å²) in [5, 5.41) is 0. The average molecular weight is 2930 g/mol. The van der Waals surface area contributed by atoms with E-state index in [4.69, 9.17) is 0 Å². The molecule has 0 aromatic carbocycles. The minimum Gasteiger partial charge on any atom is 0 e. The van der Waals surface area contributed by atoms with Crippen LogP contribution in [0.2, 0.25) is 0 Å². The van der Waals surface area contributed by atoms with Crippen LogP contribution in [0.4, 0.5) is 0 Å². The van der Waals surface area contributed by atoms with E-state index >= 15 is 0 Å². The molecule has 162 valence electrons. The van der Waals surface area contributed by atoms with Gasteiger partial charge in [0.15, 0.2) is 0 Å². The Morgan fingerprint density at radius 1 is 0.750 bits per heavy atom. The largest absolute Gasteiger partial charge is 0 e. The van der Waals surface area contributed by atoms with Crippen molar-refractivity contribution < 1.29 is 311 Å². The fourth-order valence-corrected chi connectivity index (χ4v) is 2.57. The average Bonchev–Trinajstić information content (AvgIpc) is 2.47. The molecule has 0 radical (unpaired) electrons. The van der Waals surface area contributed by atoms with Crippen LogP contribution in [0.1, 0.15) is 41.0 Å². The van der Waals surface area contributed by atoms with Crippen LogP contribution in [-0.2, 0) is 311 Å². The molecule has 0 aromatic heterocycles. The first-order valence-corrected chi connectivity index (χ1v) is 9.74. The molecule has 15 heteroatoms. The number of hydrogen-bond acceptors (Lipinski definition) is 0. The first-order valence-electron chi connectivity index (χ1n) is 5.34. The van der Waals surface area contributed by atoms with E-state index in [1.807, 2.05) is 0 Å². The van der Waals surface area contributed by atoms with E-state index in [9.17, 15) is 0 Å². The van der Waals surface area contributed by atoms with E-state index < -0.39 is 0 Å². The fourth-order valence-electron chi connectivity index (χ4n) is 1.03.